The quantitative estimate of drug-likeness (QED) is 0.667. The van der Waals surface area contributed by atoms with Gasteiger partial charge in [-0.05, 0) is 27.2 Å². The van der Waals surface area contributed by atoms with Crippen LogP contribution in [0.4, 0.5) is 0 Å². The van der Waals surface area contributed by atoms with E-state index in [-0.39, 0.29) is 5.54 Å². The first kappa shape index (κ1) is 10.7. The normalized spacial score (nSPS) is 25.5. The maximum atomic E-state index is 3.79. The second-order valence-electron chi connectivity index (χ2n) is 4.65. The summed E-state index contributed by atoms with van der Waals surface area (Å²) in [5.41, 5.74) is 0.272. The van der Waals surface area contributed by atoms with Crippen molar-refractivity contribution >= 4 is 0 Å². The van der Waals surface area contributed by atoms with E-state index in [0.717, 1.165) is 19.5 Å². The van der Waals surface area contributed by atoms with Gasteiger partial charge in [-0.25, -0.2) is 0 Å². The molecule has 0 amide bonds. The summed E-state index contributed by atoms with van der Waals surface area (Å²) in [7, 11) is 0. The van der Waals surface area contributed by atoms with Gasteiger partial charge in [-0.15, -0.1) is 6.58 Å². The number of rotatable bonds is 3. The van der Waals surface area contributed by atoms with Gasteiger partial charge in [0.1, 0.15) is 0 Å². The second kappa shape index (κ2) is 4.25. The molecular formula is C11H22N2. The van der Waals surface area contributed by atoms with Gasteiger partial charge in [0, 0.05) is 31.2 Å². The fourth-order valence-electron chi connectivity index (χ4n) is 1.95. The smallest absolute Gasteiger partial charge is 0.0252 e. The Balaban J connectivity index is 2.46. The third kappa shape index (κ3) is 3.12. The molecule has 1 atom stereocenters. The second-order valence-corrected chi connectivity index (χ2v) is 4.65. The number of hydrogen-bond donors (Lipinski definition) is 1. The largest absolute Gasteiger partial charge is 0.309 e. The van der Waals surface area contributed by atoms with Crippen LogP contribution in [-0.4, -0.2) is 36.1 Å². The Morgan fingerprint density at radius 2 is 2.31 bits per heavy atom. The maximum Gasteiger partial charge on any atom is 0.0252 e. The number of nitrogens with one attached hydrogen (secondary N) is 1. The summed E-state index contributed by atoms with van der Waals surface area (Å²) in [6.45, 7) is 14.0. The van der Waals surface area contributed by atoms with Gasteiger partial charge in [0.15, 0.2) is 0 Å². The zero-order valence-corrected chi connectivity index (χ0v) is 9.14. The van der Waals surface area contributed by atoms with E-state index in [2.05, 4.69) is 37.6 Å². The van der Waals surface area contributed by atoms with Crippen LogP contribution in [0.3, 0.4) is 0 Å². The molecule has 0 aromatic carbocycles. The Labute approximate surface area is 82.0 Å². The molecule has 1 aliphatic heterocycles. The van der Waals surface area contributed by atoms with Crippen LogP contribution in [0.2, 0.25) is 0 Å². The highest BCUT2D eigenvalue weighted by atomic mass is 15.2. The lowest BCUT2D eigenvalue weighted by atomic mass is 10.0. The Morgan fingerprint density at radius 3 is 2.85 bits per heavy atom. The third-order valence-electron chi connectivity index (χ3n) is 2.73. The van der Waals surface area contributed by atoms with Gasteiger partial charge in [-0.1, -0.05) is 6.08 Å². The van der Waals surface area contributed by atoms with Crippen LogP contribution in [0, 0.1) is 0 Å². The predicted molar refractivity (Wildman–Crippen MR) is 57.9 cm³/mol. The lowest BCUT2D eigenvalue weighted by molar-refractivity contribution is 0.117. The lowest BCUT2D eigenvalue weighted by Gasteiger charge is -2.41. The Bertz CT molecular complexity index is 175. The molecule has 76 valence electrons. The molecule has 0 aliphatic carbocycles. The molecule has 1 rings (SSSR count). The highest BCUT2D eigenvalue weighted by Crippen LogP contribution is 2.14. The van der Waals surface area contributed by atoms with Crippen LogP contribution in [0.15, 0.2) is 12.7 Å². The van der Waals surface area contributed by atoms with Gasteiger partial charge in [0.2, 0.25) is 0 Å². The minimum atomic E-state index is 0.272. The van der Waals surface area contributed by atoms with Crippen molar-refractivity contribution in [3.05, 3.63) is 12.7 Å². The lowest BCUT2D eigenvalue weighted by Crippen LogP contribution is -2.58. The molecule has 2 nitrogen and oxygen atoms in total. The molecule has 0 radical (unpaired) electrons. The summed E-state index contributed by atoms with van der Waals surface area (Å²) in [5.74, 6) is 0. The van der Waals surface area contributed by atoms with Crippen LogP contribution >= 0.6 is 0 Å². The molecule has 13 heavy (non-hydrogen) atoms. The molecule has 2 heteroatoms. The molecule has 0 saturated carbocycles. The SMILES string of the molecule is C=CCC(C)N1CCNC(C)(C)C1. The summed E-state index contributed by atoms with van der Waals surface area (Å²) in [6, 6.07) is 0.638. The molecule has 1 aliphatic rings. The summed E-state index contributed by atoms with van der Waals surface area (Å²) in [4.78, 5) is 2.54. The van der Waals surface area contributed by atoms with E-state index in [0.29, 0.717) is 6.04 Å². The van der Waals surface area contributed by atoms with Gasteiger partial charge < -0.3 is 5.32 Å². The van der Waals surface area contributed by atoms with Crippen LogP contribution in [0.1, 0.15) is 27.2 Å². The van der Waals surface area contributed by atoms with Gasteiger partial charge in [0.25, 0.3) is 0 Å². The van der Waals surface area contributed by atoms with Crippen LogP contribution in [-0.2, 0) is 0 Å². The maximum absolute atomic E-state index is 3.79. The third-order valence-corrected chi connectivity index (χ3v) is 2.73. The molecule has 1 heterocycles. The molecular weight excluding hydrogens is 160 g/mol. The molecule has 0 aromatic heterocycles. The Hall–Kier alpha value is -0.340. The van der Waals surface area contributed by atoms with E-state index in [4.69, 9.17) is 0 Å². The van der Waals surface area contributed by atoms with E-state index < -0.39 is 0 Å². The number of piperazine rings is 1. The minimum absolute atomic E-state index is 0.272. The molecule has 1 fully saturated rings. The first-order chi connectivity index (χ1) is 6.05. The zero-order valence-electron chi connectivity index (χ0n) is 9.14. The van der Waals surface area contributed by atoms with Crippen molar-refractivity contribution in [1.29, 1.82) is 0 Å². The van der Waals surface area contributed by atoms with Crippen LogP contribution in [0.5, 0.6) is 0 Å². The van der Waals surface area contributed by atoms with Gasteiger partial charge in [-0.3, -0.25) is 4.90 Å². The molecule has 0 aromatic rings. The summed E-state index contributed by atoms with van der Waals surface area (Å²) >= 11 is 0. The minimum Gasteiger partial charge on any atom is -0.309 e. The molecule has 0 spiro atoms. The van der Waals surface area contributed by atoms with Gasteiger partial charge in [0.05, 0.1) is 0 Å². The number of hydrogen-bond acceptors (Lipinski definition) is 2. The van der Waals surface area contributed by atoms with Crippen LogP contribution in [0.25, 0.3) is 0 Å². The average molecular weight is 182 g/mol. The Kier molecular flexibility index (Phi) is 3.51. The van der Waals surface area contributed by atoms with Gasteiger partial charge >= 0.3 is 0 Å². The highest BCUT2D eigenvalue weighted by Gasteiger charge is 2.27. The fraction of sp³-hybridized carbons (Fsp3) is 0.818. The van der Waals surface area contributed by atoms with E-state index >= 15 is 0 Å². The van der Waals surface area contributed by atoms with Crippen molar-refractivity contribution in [2.75, 3.05) is 19.6 Å². The van der Waals surface area contributed by atoms with E-state index in [1.807, 2.05) is 6.08 Å². The highest BCUT2D eigenvalue weighted by molar-refractivity contribution is 4.90. The van der Waals surface area contributed by atoms with E-state index in [1.54, 1.807) is 0 Å². The standard InChI is InChI=1S/C11H22N2/c1-5-6-10(2)13-8-7-12-11(3,4)9-13/h5,10,12H,1,6-9H2,2-4H3. The number of nitrogens with zero attached hydrogens (tertiary/aromatic N) is 1. The molecule has 0 bridgehead atoms. The summed E-state index contributed by atoms with van der Waals surface area (Å²) < 4.78 is 0. The topological polar surface area (TPSA) is 15.3 Å². The van der Waals surface area contributed by atoms with Crippen molar-refractivity contribution in [3.63, 3.8) is 0 Å². The molecule has 1 unspecified atom stereocenters. The summed E-state index contributed by atoms with van der Waals surface area (Å²) in [5, 5.41) is 3.52. The van der Waals surface area contributed by atoms with E-state index in [9.17, 15) is 0 Å². The van der Waals surface area contributed by atoms with Gasteiger partial charge in [-0.2, -0.15) is 0 Å². The first-order valence-electron chi connectivity index (χ1n) is 5.15. The van der Waals surface area contributed by atoms with Crippen molar-refractivity contribution in [2.45, 2.75) is 38.8 Å². The molecule has 1 N–H and O–H groups in total. The predicted octanol–water partition coefficient (Wildman–Crippen LogP) is 1.63. The van der Waals surface area contributed by atoms with Crippen molar-refractivity contribution in [2.24, 2.45) is 0 Å². The van der Waals surface area contributed by atoms with Crippen molar-refractivity contribution in [1.82, 2.24) is 10.2 Å². The van der Waals surface area contributed by atoms with Crippen molar-refractivity contribution in [3.8, 4) is 0 Å². The van der Waals surface area contributed by atoms with Crippen LogP contribution < -0.4 is 5.32 Å². The average Bonchev–Trinajstić information content (AvgIpc) is 2.03. The summed E-state index contributed by atoms with van der Waals surface area (Å²) in [6.07, 6.45) is 3.11. The van der Waals surface area contributed by atoms with Crippen molar-refractivity contribution < 1.29 is 0 Å². The van der Waals surface area contributed by atoms with E-state index in [1.165, 1.54) is 6.54 Å². The fourth-order valence-corrected chi connectivity index (χ4v) is 1.95. The first-order valence-corrected chi connectivity index (χ1v) is 5.15. The Morgan fingerprint density at radius 1 is 1.62 bits per heavy atom. The zero-order chi connectivity index (χ0) is 9.90. The monoisotopic (exact) mass is 182 g/mol. The molecule has 1 saturated heterocycles.